The van der Waals surface area contributed by atoms with Gasteiger partial charge >= 0.3 is 0 Å². The van der Waals surface area contributed by atoms with E-state index in [4.69, 9.17) is 0 Å². The molecule has 1 aromatic rings. The van der Waals surface area contributed by atoms with Gasteiger partial charge in [-0.1, -0.05) is 12.1 Å². The molecule has 1 heterocycles. The lowest BCUT2D eigenvalue weighted by atomic mass is 9.95. The van der Waals surface area contributed by atoms with Crippen LogP contribution in [0, 0.1) is 13.8 Å². The van der Waals surface area contributed by atoms with Crippen LogP contribution in [0.25, 0.3) is 0 Å². The highest BCUT2D eigenvalue weighted by molar-refractivity contribution is 7.92. The maximum atomic E-state index is 12.9. The zero-order valence-corrected chi connectivity index (χ0v) is 17.8. The fourth-order valence-corrected chi connectivity index (χ4v) is 4.70. The van der Waals surface area contributed by atoms with Crippen molar-refractivity contribution in [2.24, 2.45) is 0 Å². The summed E-state index contributed by atoms with van der Waals surface area (Å²) in [5.74, 6) is -0.871. The lowest BCUT2D eigenvalue weighted by Gasteiger charge is -2.37. The van der Waals surface area contributed by atoms with E-state index in [9.17, 15) is 18.0 Å². The zero-order chi connectivity index (χ0) is 19.5. The number of likely N-dealkylation sites (N-methyl/N-ethyl adjacent to an activating group) is 1. The van der Waals surface area contributed by atoms with Gasteiger partial charge in [-0.25, -0.2) is 8.42 Å². The highest BCUT2D eigenvalue weighted by Gasteiger charge is 2.50. The third kappa shape index (κ3) is 5.00. The fourth-order valence-electron chi connectivity index (χ4n) is 3.29. The minimum absolute atomic E-state index is 0. The standard InChI is InChI=1S/C18H27N3O4S.ClH/c1-13-6-5-7-15(14(13)2)20-16(22)12-21(3)17(23)18(26(4,24)25)8-10-19-11-9-18;/h5-7,19H,8-12H2,1-4H3,(H,20,22);1H. The van der Waals surface area contributed by atoms with Gasteiger partial charge in [0.05, 0.1) is 6.54 Å². The number of anilines is 1. The Kier molecular flexibility index (Phi) is 7.83. The largest absolute Gasteiger partial charge is 0.335 e. The topological polar surface area (TPSA) is 95.6 Å². The van der Waals surface area contributed by atoms with Crippen molar-refractivity contribution >= 4 is 39.7 Å². The maximum absolute atomic E-state index is 12.9. The number of piperidine rings is 1. The van der Waals surface area contributed by atoms with Crippen molar-refractivity contribution in [3.8, 4) is 0 Å². The summed E-state index contributed by atoms with van der Waals surface area (Å²) in [6, 6.07) is 5.60. The Morgan fingerprint density at radius 1 is 1.22 bits per heavy atom. The normalized spacial score (nSPS) is 16.1. The molecular formula is C18H28ClN3O4S. The number of nitrogens with one attached hydrogen (secondary N) is 2. The van der Waals surface area contributed by atoms with Crippen LogP contribution in [0.5, 0.6) is 0 Å². The van der Waals surface area contributed by atoms with Crippen LogP contribution in [-0.4, -0.2) is 62.8 Å². The summed E-state index contributed by atoms with van der Waals surface area (Å²) in [7, 11) is -2.13. The van der Waals surface area contributed by atoms with Gasteiger partial charge in [0.15, 0.2) is 14.6 Å². The average Bonchev–Trinajstić information content (AvgIpc) is 2.58. The van der Waals surface area contributed by atoms with Gasteiger partial charge in [0.25, 0.3) is 0 Å². The van der Waals surface area contributed by atoms with Crippen molar-refractivity contribution in [1.29, 1.82) is 0 Å². The van der Waals surface area contributed by atoms with E-state index in [1.54, 1.807) is 6.07 Å². The third-order valence-electron chi connectivity index (χ3n) is 5.12. The van der Waals surface area contributed by atoms with Crippen molar-refractivity contribution in [2.75, 3.05) is 38.3 Å². The Morgan fingerprint density at radius 2 is 1.81 bits per heavy atom. The molecule has 1 aliphatic rings. The number of hydrogen-bond acceptors (Lipinski definition) is 5. The summed E-state index contributed by atoms with van der Waals surface area (Å²) in [6.07, 6.45) is 1.53. The molecule has 0 unspecified atom stereocenters. The number of carbonyl (C=O) groups is 2. The van der Waals surface area contributed by atoms with E-state index in [0.717, 1.165) is 17.4 Å². The molecule has 1 saturated heterocycles. The molecule has 2 N–H and O–H groups in total. The Bertz CT molecular complexity index is 805. The van der Waals surface area contributed by atoms with E-state index in [2.05, 4.69) is 10.6 Å². The number of rotatable bonds is 5. The monoisotopic (exact) mass is 417 g/mol. The molecule has 0 radical (unpaired) electrons. The number of benzene rings is 1. The maximum Gasteiger partial charge on any atom is 0.244 e. The Labute approximate surface area is 167 Å². The van der Waals surface area contributed by atoms with Crippen molar-refractivity contribution < 1.29 is 18.0 Å². The van der Waals surface area contributed by atoms with Crippen LogP contribution < -0.4 is 10.6 Å². The summed E-state index contributed by atoms with van der Waals surface area (Å²) in [5.41, 5.74) is 2.70. The number of nitrogens with zero attached hydrogens (tertiary/aromatic N) is 1. The van der Waals surface area contributed by atoms with E-state index in [1.165, 1.54) is 11.9 Å². The van der Waals surface area contributed by atoms with Gasteiger partial charge in [-0.05, 0) is 57.0 Å². The van der Waals surface area contributed by atoms with E-state index in [0.29, 0.717) is 18.8 Å². The van der Waals surface area contributed by atoms with Crippen LogP contribution in [0.1, 0.15) is 24.0 Å². The molecule has 2 rings (SSSR count). The SMILES string of the molecule is Cc1cccc(NC(=O)CN(C)C(=O)C2(S(C)(=O)=O)CCNCC2)c1C.Cl. The van der Waals surface area contributed by atoms with Crippen molar-refractivity contribution in [3.05, 3.63) is 29.3 Å². The molecule has 0 bridgehead atoms. The first-order valence-corrected chi connectivity index (χ1v) is 10.5. The van der Waals surface area contributed by atoms with Crippen LogP contribution >= 0.6 is 12.4 Å². The van der Waals surface area contributed by atoms with Gasteiger partial charge in [-0.3, -0.25) is 9.59 Å². The minimum Gasteiger partial charge on any atom is -0.335 e. The summed E-state index contributed by atoms with van der Waals surface area (Å²) < 4.78 is 23.2. The predicted octanol–water partition coefficient (Wildman–Crippen LogP) is 1.29. The van der Waals surface area contributed by atoms with Gasteiger partial charge < -0.3 is 15.5 Å². The molecule has 2 amide bonds. The first-order valence-electron chi connectivity index (χ1n) is 8.60. The third-order valence-corrected chi connectivity index (χ3v) is 7.12. The number of carbonyl (C=O) groups excluding carboxylic acids is 2. The number of sulfone groups is 1. The van der Waals surface area contributed by atoms with Crippen LogP contribution in [0.15, 0.2) is 18.2 Å². The molecule has 9 heteroatoms. The number of amides is 2. The Morgan fingerprint density at radius 3 is 2.37 bits per heavy atom. The van der Waals surface area contributed by atoms with Crippen molar-refractivity contribution in [3.63, 3.8) is 0 Å². The Hall–Kier alpha value is -1.64. The molecule has 27 heavy (non-hydrogen) atoms. The molecule has 0 spiro atoms. The first kappa shape index (κ1) is 23.4. The quantitative estimate of drug-likeness (QED) is 0.752. The lowest BCUT2D eigenvalue weighted by Crippen LogP contribution is -2.58. The lowest BCUT2D eigenvalue weighted by molar-refractivity contribution is -0.136. The van der Waals surface area contributed by atoms with E-state index < -0.39 is 20.5 Å². The van der Waals surface area contributed by atoms with Gasteiger partial charge in [0.1, 0.15) is 0 Å². The predicted molar refractivity (Wildman–Crippen MR) is 109 cm³/mol. The molecular weight excluding hydrogens is 390 g/mol. The van der Waals surface area contributed by atoms with Crippen LogP contribution in [-0.2, 0) is 19.4 Å². The smallest absolute Gasteiger partial charge is 0.244 e. The molecule has 0 aromatic heterocycles. The minimum atomic E-state index is -3.60. The second kappa shape index (κ2) is 9.03. The Balaban J connectivity index is 0.00000364. The van der Waals surface area contributed by atoms with E-state index in [-0.39, 0.29) is 37.7 Å². The van der Waals surface area contributed by atoms with Gasteiger partial charge in [-0.15, -0.1) is 12.4 Å². The fraction of sp³-hybridized carbons (Fsp3) is 0.556. The van der Waals surface area contributed by atoms with E-state index >= 15 is 0 Å². The molecule has 0 atom stereocenters. The number of hydrogen-bond donors (Lipinski definition) is 2. The van der Waals surface area contributed by atoms with Crippen LogP contribution in [0.2, 0.25) is 0 Å². The first-order chi connectivity index (χ1) is 12.1. The molecule has 0 saturated carbocycles. The molecule has 0 aliphatic carbocycles. The molecule has 1 fully saturated rings. The molecule has 7 nitrogen and oxygen atoms in total. The van der Waals surface area contributed by atoms with Gasteiger partial charge in [-0.2, -0.15) is 0 Å². The summed E-state index contributed by atoms with van der Waals surface area (Å²) in [6.45, 7) is 4.58. The second-order valence-electron chi connectivity index (χ2n) is 6.97. The molecule has 1 aliphatic heterocycles. The van der Waals surface area contributed by atoms with Gasteiger partial charge in [0, 0.05) is 19.0 Å². The second-order valence-corrected chi connectivity index (χ2v) is 9.30. The summed E-state index contributed by atoms with van der Waals surface area (Å²) in [4.78, 5) is 26.5. The van der Waals surface area contributed by atoms with Gasteiger partial charge in [0.2, 0.25) is 11.8 Å². The van der Waals surface area contributed by atoms with Crippen LogP contribution in [0.3, 0.4) is 0 Å². The zero-order valence-electron chi connectivity index (χ0n) is 16.2. The summed E-state index contributed by atoms with van der Waals surface area (Å²) >= 11 is 0. The van der Waals surface area contributed by atoms with E-state index in [1.807, 2.05) is 26.0 Å². The number of aryl methyl sites for hydroxylation is 1. The average molecular weight is 418 g/mol. The molecule has 152 valence electrons. The van der Waals surface area contributed by atoms with Crippen LogP contribution in [0.4, 0.5) is 5.69 Å². The molecule has 1 aromatic carbocycles. The van der Waals surface area contributed by atoms with Crippen molar-refractivity contribution in [1.82, 2.24) is 10.2 Å². The number of halogens is 1. The highest BCUT2D eigenvalue weighted by atomic mass is 35.5. The van der Waals surface area contributed by atoms with Crippen molar-refractivity contribution in [2.45, 2.75) is 31.4 Å². The highest BCUT2D eigenvalue weighted by Crippen LogP contribution is 2.29. The summed E-state index contributed by atoms with van der Waals surface area (Å²) in [5, 5.41) is 5.87.